The number of hydrogen-bond acceptors (Lipinski definition) is 4. The van der Waals surface area contributed by atoms with Crippen molar-refractivity contribution in [3.63, 3.8) is 0 Å². The molecule has 1 saturated heterocycles. The molecule has 31 heavy (non-hydrogen) atoms. The molecule has 160 valence electrons. The zero-order valence-electron chi connectivity index (χ0n) is 17.7. The lowest BCUT2D eigenvalue weighted by atomic mass is 10.0. The van der Waals surface area contributed by atoms with Crippen molar-refractivity contribution in [2.75, 3.05) is 44.7 Å². The van der Waals surface area contributed by atoms with Crippen molar-refractivity contribution in [1.29, 1.82) is 0 Å². The number of rotatable bonds is 6. The first-order valence-electron chi connectivity index (χ1n) is 10.5. The van der Waals surface area contributed by atoms with Gasteiger partial charge in [-0.2, -0.15) is 0 Å². The van der Waals surface area contributed by atoms with E-state index in [9.17, 15) is 9.59 Å². The van der Waals surface area contributed by atoms with Gasteiger partial charge in [-0.25, -0.2) is 0 Å². The molecular weight excluding hydrogens is 390 g/mol. The summed E-state index contributed by atoms with van der Waals surface area (Å²) in [5.74, 6) is 0.645. The number of para-hydroxylation sites is 2. The Labute approximate surface area is 182 Å². The molecule has 2 amide bonds. The Balaban J connectivity index is 1.28. The third kappa shape index (κ3) is 4.79. The molecule has 6 nitrogen and oxygen atoms in total. The van der Waals surface area contributed by atoms with Gasteiger partial charge in [0.15, 0.2) is 0 Å². The Kier molecular flexibility index (Phi) is 6.36. The molecule has 1 fully saturated rings. The van der Waals surface area contributed by atoms with Gasteiger partial charge in [0.25, 0.3) is 0 Å². The molecule has 0 unspecified atom stereocenters. The van der Waals surface area contributed by atoms with Gasteiger partial charge in [0.05, 0.1) is 25.8 Å². The Morgan fingerprint density at radius 1 is 0.903 bits per heavy atom. The minimum Gasteiger partial charge on any atom is -0.495 e. The number of nitrogens with zero attached hydrogens (tertiary/aromatic N) is 2. The van der Waals surface area contributed by atoms with E-state index < -0.39 is 0 Å². The van der Waals surface area contributed by atoms with Gasteiger partial charge < -0.3 is 19.9 Å². The van der Waals surface area contributed by atoms with Gasteiger partial charge in [0.2, 0.25) is 11.8 Å². The first-order valence-corrected chi connectivity index (χ1v) is 10.5. The summed E-state index contributed by atoms with van der Waals surface area (Å²) >= 11 is 0. The molecule has 6 heteroatoms. The highest BCUT2D eigenvalue weighted by atomic mass is 16.5. The lowest BCUT2D eigenvalue weighted by molar-refractivity contribution is -0.133. The molecule has 0 aromatic heterocycles. The number of carbonyl (C=O) groups is 2. The van der Waals surface area contributed by atoms with Crippen LogP contribution in [0.3, 0.4) is 0 Å². The van der Waals surface area contributed by atoms with Crippen LogP contribution in [0.15, 0.2) is 66.7 Å². The van der Waals surface area contributed by atoms with Crippen LogP contribution in [0.2, 0.25) is 0 Å². The maximum atomic E-state index is 12.6. The normalized spacial score (nSPS) is 13.8. The van der Waals surface area contributed by atoms with E-state index in [4.69, 9.17) is 4.74 Å². The monoisotopic (exact) mass is 417 g/mol. The van der Waals surface area contributed by atoms with Crippen LogP contribution in [0.1, 0.15) is 5.56 Å². The molecule has 0 atom stereocenters. The molecule has 0 spiro atoms. The smallest absolute Gasteiger partial charge is 0.242 e. The van der Waals surface area contributed by atoms with Crippen LogP contribution < -0.4 is 15.0 Å². The molecule has 4 rings (SSSR count). The maximum Gasteiger partial charge on any atom is 0.242 e. The third-order valence-corrected chi connectivity index (χ3v) is 5.73. The number of nitrogens with one attached hydrogen (secondary N) is 1. The number of piperazine rings is 1. The molecule has 1 aliphatic heterocycles. The van der Waals surface area contributed by atoms with Gasteiger partial charge in [-0.05, 0) is 28.5 Å². The summed E-state index contributed by atoms with van der Waals surface area (Å²) < 4.78 is 5.44. The van der Waals surface area contributed by atoms with E-state index in [0.29, 0.717) is 13.1 Å². The molecule has 1 heterocycles. The largest absolute Gasteiger partial charge is 0.495 e. The van der Waals surface area contributed by atoms with E-state index in [1.54, 1.807) is 7.11 Å². The van der Waals surface area contributed by atoms with Crippen molar-refractivity contribution in [1.82, 2.24) is 10.2 Å². The number of amides is 2. The second-order valence-corrected chi connectivity index (χ2v) is 7.63. The van der Waals surface area contributed by atoms with Crippen LogP contribution in [-0.2, 0) is 16.0 Å². The summed E-state index contributed by atoms with van der Waals surface area (Å²) in [5, 5.41) is 4.97. The zero-order chi connectivity index (χ0) is 21.6. The number of benzene rings is 3. The van der Waals surface area contributed by atoms with E-state index in [1.165, 1.54) is 0 Å². The van der Waals surface area contributed by atoms with Crippen LogP contribution in [0.5, 0.6) is 5.75 Å². The van der Waals surface area contributed by atoms with Crippen molar-refractivity contribution in [3.05, 3.63) is 72.3 Å². The van der Waals surface area contributed by atoms with Crippen molar-refractivity contribution in [3.8, 4) is 5.75 Å². The topological polar surface area (TPSA) is 61.9 Å². The van der Waals surface area contributed by atoms with E-state index in [2.05, 4.69) is 10.2 Å². The highest BCUT2D eigenvalue weighted by molar-refractivity contribution is 5.91. The summed E-state index contributed by atoms with van der Waals surface area (Å²) in [6.07, 6.45) is 0.260. The fraction of sp³-hybridized carbons (Fsp3) is 0.280. The summed E-state index contributed by atoms with van der Waals surface area (Å²) in [6, 6.07) is 21.9. The zero-order valence-corrected chi connectivity index (χ0v) is 17.7. The van der Waals surface area contributed by atoms with Crippen LogP contribution >= 0.6 is 0 Å². The number of anilines is 1. The molecule has 0 aliphatic carbocycles. The van der Waals surface area contributed by atoms with E-state index in [0.717, 1.165) is 40.9 Å². The van der Waals surface area contributed by atoms with Crippen LogP contribution in [0.4, 0.5) is 5.69 Å². The Morgan fingerprint density at radius 2 is 1.61 bits per heavy atom. The quantitative estimate of drug-likeness (QED) is 0.670. The molecule has 0 radical (unpaired) electrons. The summed E-state index contributed by atoms with van der Waals surface area (Å²) in [4.78, 5) is 29.1. The second kappa shape index (κ2) is 9.51. The Morgan fingerprint density at radius 3 is 2.42 bits per heavy atom. The van der Waals surface area contributed by atoms with Gasteiger partial charge in [-0.15, -0.1) is 0 Å². The molecule has 3 aromatic carbocycles. The van der Waals surface area contributed by atoms with Crippen LogP contribution in [-0.4, -0.2) is 56.5 Å². The number of ether oxygens (including phenoxy) is 1. The van der Waals surface area contributed by atoms with E-state index in [1.807, 2.05) is 71.6 Å². The fourth-order valence-corrected chi connectivity index (χ4v) is 4.06. The van der Waals surface area contributed by atoms with Gasteiger partial charge >= 0.3 is 0 Å². The Hall–Kier alpha value is -3.54. The van der Waals surface area contributed by atoms with Gasteiger partial charge in [0, 0.05) is 26.2 Å². The number of hydrogen-bond donors (Lipinski definition) is 1. The number of methoxy groups -OCH3 is 1. The molecule has 1 aliphatic rings. The summed E-state index contributed by atoms with van der Waals surface area (Å²) in [5.41, 5.74) is 2.01. The highest BCUT2D eigenvalue weighted by Gasteiger charge is 2.23. The summed E-state index contributed by atoms with van der Waals surface area (Å²) in [6.45, 7) is 2.73. The number of fused-ring (bicyclic) bond motifs is 1. The van der Waals surface area contributed by atoms with Crippen molar-refractivity contribution < 1.29 is 14.3 Å². The molecule has 0 saturated carbocycles. The van der Waals surface area contributed by atoms with Crippen molar-refractivity contribution >= 4 is 28.3 Å². The Bertz CT molecular complexity index is 1070. The average molecular weight is 418 g/mol. The highest BCUT2D eigenvalue weighted by Crippen LogP contribution is 2.28. The van der Waals surface area contributed by atoms with Crippen molar-refractivity contribution in [2.45, 2.75) is 6.42 Å². The van der Waals surface area contributed by atoms with Gasteiger partial charge in [0.1, 0.15) is 5.75 Å². The first kappa shape index (κ1) is 20.7. The number of carbonyl (C=O) groups excluding carboxylic acids is 2. The SMILES string of the molecule is COc1ccccc1N1CCN(C(=O)CNC(=O)Cc2cccc3ccccc23)CC1. The van der Waals surface area contributed by atoms with Crippen LogP contribution in [0.25, 0.3) is 10.8 Å². The second-order valence-electron chi connectivity index (χ2n) is 7.63. The minimum atomic E-state index is -0.141. The lowest BCUT2D eigenvalue weighted by Crippen LogP contribution is -2.51. The first-order chi connectivity index (χ1) is 15.2. The molecule has 1 N–H and O–H groups in total. The fourth-order valence-electron chi connectivity index (χ4n) is 4.06. The predicted octanol–water partition coefficient (Wildman–Crippen LogP) is 2.86. The molecule has 0 bridgehead atoms. The van der Waals surface area contributed by atoms with E-state index >= 15 is 0 Å². The maximum absolute atomic E-state index is 12.6. The van der Waals surface area contributed by atoms with E-state index in [-0.39, 0.29) is 24.8 Å². The average Bonchev–Trinajstić information content (AvgIpc) is 2.83. The molecule has 3 aromatic rings. The van der Waals surface area contributed by atoms with Gasteiger partial charge in [-0.1, -0.05) is 54.6 Å². The predicted molar refractivity (Wildman–Crippen MR) is 122 cm³/mol. The third-order valence-electron chi connectivity index (χ3n) is 5.73. The minimum absolute atomic E-state index is 0.0260. The van der Waals surface area contributed by atoms with Gasteiger partial charge in [-0.3, -0.25) is 9.59 Å². The molecular formula is C25H27N3O3. The summed E-state index contributed by atoms with van der Waals surface area (Å²) in [7, 11) is 1.67. The lowest BCUT2D eigenvalue weighted by Gasteiger charge is -2.36. The van der Waals surface area contributed by atoms with Crippen molar-refractivity contribution in [2.24, 2.45) is 0 Å². The standard InChI is InChI=1S/C25H27N3O3/c1-31-23-12-5-4-11-22(23)27-13-15-28(16-14-27)25(30)18-26-24(29)17-20-9-6-8-19-7-2-3-10-21(19)20/h2-12H,13-18H2,1H3,(H,26,29). The van der Waals surface area contributed by atoms with Crippen LogP contribution in [0, 0.1) is 0 Å².